The summed E-state index contributed by atoms with van der Waals surface area (Å²) in [6, 6.07) is 14.1. The minimum absolute atomic E-state index is 0.229. The molecule has 0 spiro atoms. The van der Waals surface area contributed by atoms with Crippen molar-refractivity contribution in [2.75, 3.05) is 12.4 Å². The number of nitrogens with one attached hydrogen (secondary N) is 1. The molecule has 2 rings (SSSR count). The summed E-state index contributed by atoms with van der Waals surface area (Å²) in [4.78, 5) is 0. The summed E-state index contributed by atoms with van der Waals surface area (Å²) < 4.78 is 18.0. The van der Waals surface area contributed by atoms with E-state index in [1.165, 1.54) is 12.1 Å². The van der Waals surface area contributed by atoms with Crippen LogP contribution in [0.1, 0.15) is 5.56 Å². The van der Waals surface area contributed by atoms with Crippen LogP contribution in [0.5, 0.6) is 5.75 Å². The Morgan fingerprint density at radius 3 is 2.47 bits per heavy atom. The van der Waals surface area contributed by atoms with Crippen LogP contribution in [0, 0.1) is 5.82 Å². The van der Waals surface area contributed by atoms with E-state index in [0.717, 1.165) is 17.0 Å². The Labute approximate surface area is 100 Å². The molecule has 0 radical (unpaired) electrons. The lowest BCUT2D eigenvalue weighted by molar-refractivity contribution is 0.410. The molecule has 1 N–H and O–H groups in total. The zero-order valence-corrected chi connectivity index (χ0v) is 9.61. The SMILES string of the molecule is COc1ccccc1CNc1ccc(F)cc1. The Hall–Kier alpha value is -2.03. The number of benzene rings is 2. The zero-order chi connectivity index (χ0) is 12.1. The molecule has 17 heavy (non-hydrogen) atoms. The average molecular weight is 231 g/mol. The van der Waals surface area contributed by atoms with E-state index in [4.69, 9.17) is 4.74 Å². The second kappa shape index (κ2) is 5.34. The molecule has 0 aliphatic rings. The summed E-state index contributed by atoms with van der Waals surface area (Å²) in [7, 11) is 1.65. The maximum Gasteiger partial charge on any atom is 0.123 e. The number of methoxy groups -OCH3 is 1. The molecule has 2 aromatic rings. The molecule has 0 saturated carbocycles. The smallest absolute Gasteiger partial charge is 0.123 e. The Kier molecular flexibility index (Phi) is 3.60. The number of hydrogen-bond acceptors (Lipinski definition) is 2. The first kappa shape index (κ1) is 11.5. The van der Waals surface area contributed by atoms with Crippen LogP contribution < -0.4 is 10.1 Å². The first-order valence-corrected chi connectivity index (χ1v) is 5.41. The molecule has 0 saturated heterocycles. The Morgan fingerprint density at radius 1 is 1.06 bits per heavy atom. The van der Waals surface area contributed by atoms with Gasteiger partial charge in [0.1, 0.15) is 11.6 Å². The zero-order valence-electron chi connectivity index (χ0n) is 9.61. The summed E-state index contributed by atoms with van der Waals surface area (Å²) in [5, 5.41) is 3.22. The summed E-state index contributed by atoms with van der Waals surface area (Å²) in [6.45, 7) is 0.648. The maximum absolute atomic E-state index is 12.7. The fraction of sp³-hybridized carbons (Fsp3) is 0.143. The molecular formula is C14H14FNO. The van der Waals surface area contributed by atoms with Gasteiger partial charge in [0, 0.05) is 17.8 Å². The molecule has 0 unspecified atom stereocenters. The van der Waals surface area contributed by atoms with Crippen molar-refractivity contribution < 1.29 is 9.13 Å². The number of anilines is 1. The minimum Gasteiger partial charge on any atom is -0.496 e. The molecule has 2 aromatic carbocycles. The van der Waals surface area contributed by atoms with E-state index in [1.54, 1.807) is 19.2 Å². The van der Waals surface area contributed by atoms with Crippen molar-refractivity contribution in [3.05, 3.63) is 59.9 Å². The van der Waals surface area contributed by atoms with Crippen molar-refractivity contribution in [3.63, 3.8) is 0 Å². The molecule has 2 nitrogen and oxygen atoms in total. The third kappa shape index (κ3) is 2.97. The third-order valence-electron chi connectivity index (χ3n) is 2.52. The lowest BCUT2D eigenvalue weighted by Gasteiger charge is -2.10. The van der Waals surface area contributed by atoms with Crippen LogP contribution >= 0.6 is 0 Å². The van der Waals surface area contributed by atoms with Gasteiger partial charge in [-0.1, -0.05) is 18.2 Å². The van der Waals surface area contributed by atoms with Crippen LogP contribution in [0.25, 0.3) is 0 Å². The van der Waals surface area contributed by atoms with Crippen molar-refractivity contribution in [2.45, 2.75) is 6.54 Å². The number of para-hydroxylation sites is 1. The van der Waals surface area contributed by atoms with Gasteiger partial charge in [-0.05, 0) is 30.3 Å². The van der Waals surface area contributed by atoms with E-state index in [9.17, 15) is 4.39 Å². The van der Waals surface area contributed by atoms with Gasteiger partial charge in [0.15, 0.2) is 0 Å². The third-order valence-corrected chi connectivity index (χ3v) is 2.52. The largest absolute Gasteiger partial charge is 0.496 e. The normalized spacial score (nSPS) is 10.0. The highest BCUT2D eigenvalue weighted by Gasteiger charge is 2.01. The lowest BCUT2D eigenvalue weighted by Crippen LogP contribution is -2.01. The molecule has 3 heteroatoms. The minimum atomic E-state index is -0.229. The van der Waals surface area contributed by atoms with E-state index in [-0.39, 0.29) is 5.82 Å². The van der Waals surface area contributed by atoms with Gasteiger partial charge in [0.2, 0.25) is 0 Å². The number of ether oxygens (including phenoxy) is 1. The summed E-state index contributed by atoms with van der Waals surface area (Å²) >= 11 is 0. The van der Waals surface area contributed by atoms with Gasteiger partial charge in [0.05, 0.1) is 7.11 Å². The van der Waals surface area contributed by atoms with Crippen molar-refractivity contribution in [3.8, 4) is 5.75 Å². The fourth-order valence-corrected chi connectivity index (χ4v) is 1.61. The summed E-state index contributed by atoms with van der Waals surface area (Å²) in [5.41, 5.74) is 1.96. The molecule has 0 bridgehead atoms. The quantitative estimate of drug-likeness (QED) is 0.870. The van der Waals surface area contributed by atoms with Crippen LogP contribution in [0.4, 0.5) is 10.1 Å². The standard InChI is InChI=1S/C14H14FNO/c1-17-14-5-3-2-4-11(14)10-16-13-8-6-12(15)7-9-13/h2-9,16H,10H2,1H3. The summed E-state index contributed by atoms with van der Waals surface area (Å²) in [5.74, 6) is 0.620. The van der Waals surface area contributed by atoms with Gasteiger partial charge in [-0.25, -0.2) is 4.39 Å². The maximum atomic E-state index is 12.7. The fourth-order valence-electron chi connectivity index (χ4n) is 1.61. The molecule has 0 atom stereocenters. The van der Waals surface area contributed by atoms with E-state index < -0.39 is 0 Å². The predicted octanol–water partition coefficient (Wildman–Crippen LogP) is 3.45. The molecule has 0 fully saturated rings. The monoisotopic (exact) mass is 231 g/mol. The first-order valence-electron chi connectivity index (χ1n) is 5.41. The van der Waals surface area contributed by atoms with Gasteiger partial charge in [0.25, 0.3) is 0 Å². The highest BCUT2D eigenvalue weighted by atomic mass is 19.1. The van der Waals surface area contributed by atoms with Gasteiger partial charge >= 0.3 is 0 Å². The van der Waals surface area contributed by atoms with Crippen molar-refractivity contribution in [1.82, 2.24) is 0 Å². The van der Waals surface area contributed by atoms with Gasteiger partial charge in [-0.15, -0.1) is 0 Å². The highest BCUT2D eigenvalue weighted by molar-refractivity contribution is 5.45. The van der Waals surface area contributed by atoms with Crippen molar-refractivity contribution in [2.24, 2.45) is 0 Å². The van der Waals surface area contributed by atoms with Crippen LogP contribution in [-0.2, 0) is 6.54 Å². The van der Waals surface area contributed by atoms with Crippen LogP contribution in [0.15, 0.2) is 48.5 Å². The van der Waals surface area contributed by atoms with Crippen molar-refractivity contribution >= 4 is 5.69 Å². The van der Waals surface area contributed by atoms with Crippen molar-refractivity contribution in [1.29, 1.82) is 0 Å². The number of hydrogen-bond donors (Lipinski definition) is 1. The van der Waals surface area contributed by atoms with Crippen LogP contribution in [0.3, 0.4) is 0 Å². The van der Waals surface area contributed by atoms with Gasteiger partial charge in [-0.2, -0.15) is 0 Å². The van der Waals surface area contributed by atoms with Gasteiger partial charge < -0.3 is 10.1 Å². The van der Waals surface area contributed by atoms with E-state index in [0.29, 0.717) is 6.54 Å². The molecule has 0 aliphatic heterocycles. The number of halogens is 1. The summed E-state index contributed by atoms with van der Waals surface area (Å²) in [6.07, 6.45) is 0. The Bertz CT molecular complexity index is 482. The molecule has 0 amide bonds. The van der Waals surface area contributed by atoms with E-state index >= 15 is 0 Å². The molecule has 0 aliphatic carbocycles. The Morgan fingerprint density at radius 2 is 1.76 bits per heavy atom. The van der Waals surface area contributed by atoms with Crippen LogP contribution in [-0.4, -0.2) is 7.11 Å². The van der Waals surface area contributed by atoms with E-state index in [1.807, 2.05) is 24.3 Å². The topological polar surface area (TPSA) is 21.3 Å². The molecule has 0 aromatic heterocycles. The molecular weight excluding hydrogens is 217 g/mol. The highest BCUT2D eigenvalue weighted by Crippen LogP contribution is 2.19. The van der Waals surface area contributed by atoms with Gasteiger partial charge in [-0.3, -0.25) is 0 Å². The second-order valence-corrected chi connectivity index (χ2v) is 3.67. The second-order valence-electron chi connectivity index (χ2n) is 3.67. The lowest BCUT2D eigenvalue weighted by atomic mass is 10.2. The Balaban J connectivity index is 2.04. The first-order chi connectivity index (χ1) is 8.29. The molecule has 88 valence electrons. The predicted molar refractivity (Wildman–Crippen MR) is 66.7 cm³/mol. The number of rotatable bonds is 4. The molecule has 0 heterocycles. The van der Waals surface area contributed by atoms with E-state index in [2.05, 4.69) is 5.32 Å². The average Bonchev–Trinajstić information content (AvgIpc) is 2.38. The van der Waals surface area contributed by atoms with Crippen LogP contribution in [0.2, 0.25) is 0 Å².